The molecule has 0 saturated heterocycles. The summed E-state index contributed by atoms with van der Waals surface area (Å²) in [6.07, 6.45) is 1.65. The minimum Gasteiger partial charge on any atom is -0.353 e. The van der Waals surface area contributed by atoms with Gasteiger partial charge in [0.05, 0.1) is 5.75 Å². The summed E-state index contributed by atoms with van der Waals surface area (Å²) in [5.74, 6) is 0.832. The summed E-state index contributed by atoms with van der Waals surface area (Å²) in [7, 11) is 0. The summed E-state index contributed by atoms with van der Waals surface area (Å²) in [6.45, 7) is 8.04. The molecule has 0 aliphatic carbocycles. The van der Waals surface area contributed by atoms with Crippen molar-refractivity contribution in [2.75, 3.05) is 5.75 Å². The van der Waals surface area contributed by atoms with Crippen LogP contribution in [0.2, 0.25) is 5.02 Å². The molecule has 1 amide bonds. The van der Waals surface area contributed by atoms with Crippen LogP contribution in [0.5, 0.6) is 0 Å². The Morgan fingerprint density at radius 3 is 2.64 bits per heavy atom. The zero-order chi connectivity index (χ0) is 20.3. The first-order valence-corrected chi connectivity index (χ1v) is 10.6. The standard InChI is InChI=1S/C20H24ClN5OS/c1-5-12(2)22-18(27)11-28-20-24-19-23-13(3)17(14(4)26(19)25-20)10-15-6-8-16(21)9-7-15/h6-9,12H,5,10-11H2,1-4H3,(H,22,27)/t12-/m0/s1. The average molecular weight is 418 g/mol. The lowest BCUT2D eigenvalue weighted by Crippen LogP contribution is -2.33. The fourth-order valence-electron chi connectivity index (χ4n) is 2.86. The number of thioether (sulfide) groups is 1. The molecule has 1 aromatic carbocycles. The molecule has 0 aliphatic rings. The van der Waals surface area contributed by atoms with Crippen molar-refractivity contribution in [1.29, 1.82) is 0 Å². The summed E-state index contributed by atoms with van der Waals surface area (Å²) < 4.78 is 1.76. The third-order valence-electron chi connectivity index (χ3n) is 4.68. The van der Waals surface area contributed by atoms with E-state index in [4.69, 9.17) is 11.6 Å². The van der Waals surface area contributed by atoms with Gasteiger partial charge in [0.25, 0.3) is 5.78 Å². The number of nitrogens with one attached hydrogen (secondary N) is 1. The normalized spacial score (nSPS) is 12.3. The van der Waals surface area contributed by atoms with Crippen molar-refractivity contribution >= 4 is 35.0 Å². The summed E-state index contributed by atoms with van der Waals surface area (Å²) in [5, 5.41) is 8.77. The first-order chi connectivity index (χ1) is 13.4. The molecule has 3 rings (SSSR count). The first kappa shape index (κ1) is 20.6. The number of halogens is 1. The molecule has 1 atom stereocenters. The molecule has 2 heterocycles. The molecule has 0 saturated carbocycles. The second-order valence-electron chi connectivity index (χ2n) is 6.84. The Morgan fingerprint density at radius 1 is 1.25 bits per heavy atom. The highest BCUT2D eigenvalue weighted by Crippen LogP contribution is 2.21. The van der Waals surface area contributed by atoms with Crippen LogP contribution in [0, 0.1) is 13.8 Å². The van der Waals surface area contributed by atoms with Gasteiger partial charge in [-0.3, -0.25) is 4.79 Å². The van der Waals surface area contributed by atoms with Gasteiger partial charge in [-0.1, -0.05) is 42.4 Å². The zero-order valence-corrected chi connectivity index (χ0v) is 18.1. The SMILES string of the molecule is CC[C@H](C)NC(=O)CSc1nc2nc(C)c(Cc3ccc(Cl)cc3)c(C)n2n1. The Kier molecular flexibility index (Phi) is 6.57. The van der Waals surface area contributed by atoms with Crippen LogP contribution in [0.3, 0.4) is 0 Å². The van der Waals surface area contributed by atoms with Crippen molar-refractivity contribution in [3.63, 3.8) is 0 Å². The number of aromatic nitrogens is 4. The molecule has 0 aliphatic heterocycles. The quantitative estimate of drug-likeness (QED) is 0.588. The number of nitrogens with zero attached hydrogens (tertiary/aromatic N) is 4. The van der Waals surface area contributed by atoms with E-state index in [1.54, 1.807) is 4.52 Å². The smallest absolute Gasteiger partial charge is 0.253 e. The van der Waals surface area contributed by atoms with E-state index in [1.807, 2.05) is 52.0 Å². The molecule has 2 aromatic heterocycles. The molecule has 0 bridgehead atoms. The van der Waals surface area contributed by atoms with Gasteiger partial charge in [-0.15, -0.1) is 5.10 Å². The third-order valence-corrected chi connectivity index (χ3v) is 5.77. The van der Waals surface area contributed by atoms with Crippen molar-refractivity contribution in [1.82, 2.24) is 24.9 Å². The Hall–Kier alpha value is -2.12. The highest BCUT2D eigenvalue weighted by molar-refractivity contribution is 7.99. The Balaban J connectivity index is 1.79. The maximum absolute atomic E-state index is 12.0. The van der Waals surface area contributed by atoms with Crippen LogP contribution in [0.15, 0.2) is 29.4 Å². The van der Waals surface area contributed by atoms with E-state index in [1.165, 1.54) is 11.8 Å². The Labute approximate surface area is 174 Å². The molecule has 0 spiro atoms. The number of hydrogen-bond acceptors (Lipinski definition) is 5. The number of carbonyl (C=O) groups is 1. The number of benzene rings is 1. The highest BCUT2D eigenvalue weighted by atomic mass is 35.5. The lowest BCUT2D eigenvalue weighted by Gasteiger charge is -2.10. The van der Waals surface area contributed by atoms with E-state index in [2.05, 4.69) is 20.4 Å². The van der Waals surface area contributed by atoms with Crippen LogP contribution in [-0.2, 0) is 11.2 Å². The van der Waals surface area contributed by atoms with Crippen LogP contribution in [0.25, 0.3) is 5.78 Å². The maximum atomic E-state index is 12.0. The lowest BCUT2D eigenvalue weighted by molar-refractivity contribution is -0.119. The summed E-state index contributed by atoms with van der Waals surface area (Å²) >= 11 is 7.30. The van der Waals surface area contributed by atoms with Crippen molar-refractivity contribution < 1.29 is 4.79 Å². The average Bonchev–Trinajstić information content (AvgIpc) is 3.08. The second kappa shape index (κ2) is 8.92. The minimum atomic E-state index is -0.0116. The topological polar surface area (TPSA) is 72.2 Å². The van der Waals surface area contributed by atoms with Gasteiger partial charge in [0, 0.05) is 28.9 Å². The lowest BCUT2D eigenvalue weighted by atomic mass is 10.0. The molecule has 8 heteroatoms. The zero-order valence-electron chi connectivity index (χ0n) is 16.5. The molecule has 28 heavy (non-hydrogen) atoms. The van der Waals surface area contributed by atoms with E-state index in [9.17, 15) is 4.79 Å². The van der Waals surface area contributed by atoms with Gasteiger partial charge in [0.1, 0.15) is 0 Å². The van der Waals surface area contributed by atoms with Crippen LogP contribution in [0.1, 0.15) is 42.8 Å². The van der Waals surface area contributed by atoms with Gasteiger partial charge < -0.3 is 5.32 Å². The Morgan fingerprint density at radius 2 is 1.96 bits per heavy atom. The summed E-state index contributed by atoms with van der Waals surface area (Å²) in [4.78, 5) is 21.1. The summed E-state index contributed by atoms with van der Waals surface area (Å²) in [6, 6.07) is 7.99. The predicted molar refractivity (Wildman–Crippen MR) is 113 cm³/mol. The molecule has 1 N–H and O–H groups in total. The number of fused-ring (bicyclic) bond motifs is 1. The van der Waals surface area contributed by atoms with Gasteiger partial charge in [-0.2, -0.15) is 4.98 Å². The maximum Gasteiger partial charge on any atom is 0.253 e. The van der Waals surface area contributed by atoms with Gasteiger partial charge >= 0.3 is 0 Å². The van der Waals surface area contributed by atoms with Gasteiger partial charge in [-0.25, -0.2) is 9.50 Å². The number of carbonyl (C=O) groups excluding carboxylic acids is 1. The van der Waals surface area contributed by atoms with Crippen LogP contribution in [-0.4, -0.2) is 37.3 Å². The number of hydrogen-bond donors (Lipinski definition) is 1. The van der Waals surface area contributed by atoms with Gasteiger partial charge in [0.15, 0.2) is 0 Å². The van der Waals surface area contributed by atoms with Crippen molar-refractivity contribution in [3.05, 3.63) is 51.8 Å². The number of amides is 1. The molecule has 6 nitrogen and oxygen atoms in total. The molecule has 0 unspecified atom stereocenters. The van der Waals surface area contributed by atoms with Crippen LogP contribution >= 0.6 is 23.4 Å². The Bertz CT molecular complexity index is 986. The molecular weight excluding hydrogens is 394 g/mol. The number of rotatable bonds is 7. The van der Waals surface area contributed by atoms with E-state index >= 15 is 0 Å². The first-order valence-electron chi connectivity index (χ1n) is 9.26. The van der Waals surface area contributed by atoms with Crippen molar-refractivity contribution in [3.8, 4) is 0 Å². The largest absolute Gasteiger partial charge is 0.353 e. The van der Waals surface area contributed by atoms with E-state index < -0.39 is 0 Å². The van der Waals surface area contributed by atoms with Crippen LogP contribution < -0.4 is 5.32 Å². The molecule has 3 aromatic rings. The predicted octanol–water partition coefficient (Wildman–Crippen LogP) is 3.99. The van der Waals surface area contributed by atoms with E-state index in [0.29, 0.717) is 10.9 Å². The molecule has 0 radical (unpaired) electrons. The molecular formula is C20H24ClN5OS. The van der Waals surface area contributed by atoms with E-state index in [-0.39, 0.29) is 17.7 Å². The van der Waals surface area contributed by atoms with Crippen molar-refractivity contribution in [2.45, 2.75) is 51.7 Å². The highest BCUT2D eigenvalue weighted by Gasteiger charge is 2.15. The fraction of sp³-hybridized carbons (Fsp3) is 0.400. The second-order valence-corrected chi connectivity index (χ2v) is 8.22. The van der Waals surface area contributed by atoms with Crippen molar-refractivity contribution in [2.24, 2.45) is 0 Å². The minimum absolute atomic E-state index is 0.0116. The van der Waals surface area contributed by atoms with Gasteiger partial charge in [0.2, 0.25) is 11.1 Å². The molecule has 148 valence electrons. The summed E-state index contributed by atoms with van der Waals surface area (Å²) in [5.41, 5.74) is 4.21. The van der Waals surface area contributed by atoms with Crippen LogP contribution in [0.4, 0.5) is 0 Å². The molecule has 0 fully saturated rings. The third kappa shape index (κ3) is 4.83. The number of aryl methyl sites for hydroxylation is 2. The fourth-order valence-corrected chi connectivity index (χ4v) is 3.62. The monoisotopic (exact) mass is 417 g/mol. The van der Waals surface area contributed by atoms with E-state index in [0.717, 1.165) is 40.4 Å². The van der Waals surface area contributed by atoms with Gasteiger partial charge in [-0.05, 0) is 50.5 Å².